The maximum absolute atomic E-state index is 11.3. The van der Waals surface area contributed by atoms with Crippen LogP contribution in [0, 0.1) is 0 Å². The lowest BCUT2D eigenvalue weighted by Crippen LogP contribution is -2.36. The molecule has 0 aliphatic heterocycles. The van der Waals surface area contributed by atoms with Gasteiger partial charge < -0.3 is 10.3 Å². The van der Waals surface area contributed by atoms with Crippen molar-refractivity contribution in [3.8, 4) is 0 Å². The molecule has 1 aromatic rings. The van der Waals surface area contributed by atoms with Crippen molar-refractivity contribution in [1.29, 1.82) is 0 Å². The molecule has 4 nitrogen and oxygen atoms in total. The SMILES string of the molecule is CC(CS(C)=O)NC1CCCc2[nH]c(=O)ccc21. The minimum absolute atomic E-state index is 0.0305. The van der Waals surface area contributed by atoms with Crippen LogP contribution < -0.4 is 10.9 Å². The normalized spacial score (nSPS) is 22.2. The van der Waals surface area contributed by atoms with Gasteiger partial charge in [-0.25, -0.2) is 0 Å². The molecular formula is C13H20N2O2S. The third-order valence-corrected chi connectivity index (χ3v) is 4.27. The van der Waals surface area contributed by atoms with Crippen LogP contribution in [-0.2, 0) is 17.2 Å². The van der Waals surface area contributed by atoms with Crippen LogP contribution in [0.5, 0.6) is 0 Å². The second-order valence-corrected chi connectivity index (χ2v) is 6.49. The number of hydrogen-bond donors (Lipinski definition) is 2. The van der Waals surface area contributed by atoms with Crippen molar-refractivity contribution in [2.75, 3.05) is 12.0 Å². The highest BCUT2D eigenvalue weighted by Gasteiger charge is 2.22. The van der Waals surface area contributed by atoms with Gasteiger partial charge in [-0.3, -0.25) is 9.00 Å². The molecule has 18 heavy (non-hydrogen) atoms. The standard InChI is InChI=1S/C13H20N2O2S/c1-9(8-18(2)17)14-11-4-3-5-12-10(11)6-7-13(16)15-12/h6-7,9,11,14H,3-5,8H2,1-2H3,(H,15,16). The smallest absolute Gasteiger partial charge is 0.248 e. The summed E-state index contributed by atoms with van der Waals surface area (Å²) in [5, 5.41) is 3.51. The highest BCUT2D eigenvalue weighted by Crippen LogP contribution is 2.27. The molecule has 1 aromatic heterocycles. The minimum atomic E-state index is -0.782. The first-order chi connectivity index (χ1) is 8.56. The van der Waals surface area contributed by atoms with E-state index in [0.717, 1.165) is 25.0 Å². The number of aromatic nitrogens is 1. The van der Waals surface area contributed by atoms with Gasteiger partial charge in [-0.2, -0.15) is 0 Å². The van der Waals surface area contributed by atoms with E-state index in [9.17, 15) is 9.00 Å². The average molecular weight is 268 g/mol. The number of H-pyrrole nitrogens is 1. The maximum Gasteiger partial charge on any atom is 0.248 e. The van der Waals surface area contributed by atoms with Gasteiger partial charge in [0.05, 0.1) is 0 Å². The molecule has 2 rings (SSSR count). The average Bonchev–Trinajstić information content (AvgIpc) is 2.27. The fourth-order valence-electron chi connectivity index (χ4n) is 2.62. The van der Waals surface area contributed by atoms with Crippen LogP contribution in [0.4, 0.5) is 0 Å². The summed E-state index contributed by atoms with van der Waals surface area (Å²) in [6, 6.07) is 3.99. The molecule has 0 aromatic carbocycles. The summed E-state index contributed by atoms with van der Waals surface area (Å²) in [6.45, 7) is 2.06. The third-order valence-electron chi connectivity index (χ3n) is 3.30. The summed E-state index contributed by atoms with van der Waals surface area (Å²) >= 11 is 0. The van der Waals surface area contributed by atoms with Crippen LogP contribution in [-0.4, -0.2) is 27.2 Å². The van der Waals surface area contributed by atoms with Crippen LogP contribution in [0.2, 0.25) is 0 Å². The highest BCUT2D eigenvalue weighted by atomic mass is 32.2. The number of hydrogen-bond acceptors (Lipinski definition) is 3. The first-order valence-electron chi connectivity index (χ1n) is 6.34. The van der Waals surface area contributed by atoms with Gasteiger partial charge in [0.25, 0.3) is 0 Å². The summed E-state index contributed by atoms with van der Waals surface area (Å²) < 4.78 is 11.2. The monoisotopic (exact) mass is 268 g/mol. The van der Waals surface area contributed by atoms with Gasteiger partial charge in [0.2, 0.25) is 5.56 Å². The molecule has 0 spiro atoms. The Morgan fingerprint density at radius 1 is 1.56 bits per heavy atom. The quantitative estimate of drug-likeness (QED) is 0.860. The van der Waals surface area contributed by atoms with E-state index in [0.29, 0.717) is 5.75 Å². The first kappa shape index (κ1) is 13.5. The number of fused-ring (bicyclic) bond motifs is 1. The Morgan fingerprint density at radius 2 is 2.33 bits per heavy atom. The van der Waals surface area contributed by atoms with Crippen LogP contribution in [0.15, 0.2) is 16.9 Å². The lowest BCUT2D eigenvalue weighted by atomic mass is 9.91. The fourth-order valence-corrected chi connectivity index (χ4v) is 3.42. The van der Waals surface area contributed by atoms with Crippen molar-refractivity contribution >= 4 is 10.8 Å². The van der Waals surface area contributed by atoms with Crippen molar-refractivity contribution in [3.05, 3.63) is 33.7 Å². The van der Waals surface area contributed by atoms with E-state index in [1.165, 1.54) is 5.56 Å². The van der Waals surface area contributed by atoms with Crippen LogP contribution in [0.25, 0.3) is 0 Å². The molecule has 100 valence electrons. The van der Waals surface area contributed by atoms with Gasteiger partial charge >= 0.3 is 0 Å². The third kappa shape index (κ3) is 3.29. The van der Waals surface area contributed by atoms with Gasteiger partial charge in [0.15, 0.2) is 0 Å². The van der Waals surface area contributed by atoms with E-state index in [4.69, 9.17) is 0 Å². The maximum atomic E-state index is 11.3. The van der Waals surface area contributed by atoms with Crippen molar-refractivity contribution in [1.82, 2.24) is 10.3 Å². The number of aryl methyl sites for hydroxylation is 1. The predicted octanol–water partition coefficient (Wildman–Crippen LogP) is 1.11. The number of pyridine rings is 1. The van der Waals surface area contributed by atoms with Crippen molar-refractivity contribution in [2.45, 2.75) is 38.3 Å². The molecule has 0 saturated carbocycles. The zero-order valence-corrected chi connectivity index (χ0v) is 11.7. The molecule has 1 heterocycles. The van der Waals surface area contributed by atoms with E-state index in [2.05, 4.69) is 17.2 Å². The van der Waals surface area contributed by atoms with Gasteiger partial charge in [-0.05, 0) is 31.7 Å². The van der Waals surface area contributed by atoms with E-state index in [1.54, 1.807) is 12.3 Å². The van der Waals surface area contributed by atoms with E-state index in [1.807, 2.05) is 6.07 Å². The second kappa shape index (κ2) is 5.80. The molecule has 3 atom stereocenters. The molecule has 0 saturated heterocycles. The molecule has 1 aliphatic carbocycles. The lowest BCUT2D eigenvalue weighted by Gasteiger charge is -2.28. The summed E-state index contributed by atoms with van der Waals surface area (Å²) in [4.78, 5) is 14.2. The molecule has 0 radical (unpaired) electrons. The van der Waals surface area contributed by atoms with Gasteiger partial charge in [-0.15, -0.1) is 0 Å². The van der Waals surface area contributed by atoms with Crippen LogP contribution in [0.3, 0.4) is 0 Å². The molecule has 0 amide bonds. The summed E-state index contributed by atoms with van der Waals surface area (Å²) in [5.41, 5.74) is 2.21. The Balaban J connectivity index is 2.12. The number of aromatic amines is 1. The Morgan fingerprint density at radius 3 is 3.06 bits per heavy atom. The summed E-state index contributed by atoms with van der Waals surface area (Å²) in [6.07, 6.45) is 4.81. The Hall–Kier alpha value is -0.940. The van der Waals surface area contributed by atoms with Gasteiger partial charge in [0.1, 0.15) is 0 Å². The van der Waals surface area contributed by atoms with Gasteiger partial charge in [-0.1, -0.05) is 6.07 Å². The molecule has 0 fully saturated rings. The molecule has 0 bridgehead atoms. The first-order valence-corrected chi connectivity index (χ1v) is 8.07. The summed E-state index contributed by atoms with van der Waals surface area (Å²) in [7, 11) is -0.782. The lowest BCUT2D eigenvalue weighted by molar-refractivity contribution is 0.420. The van der Waals surface area contributed by atoms with Crippen LogP contribution in [0.1, 0.15) is 37.1 Å². The van der Waals surface area contributed by atoms with Crippen molar-refractivity contribution in [3.63, 3.8) is 0 Å². The minimum Gasteiger partial charge on any atom is -0.326 e. The molecule has 1 aliphatic rings. The second-order valence-electron chi connectivity index (χ2n) is 5.01. The van der Waals surface area contributed by atoms with E-state index < -0.39 is 10.8 Å². The van der Waals surface area contributed by atoms with Crippen molar-refractivity contribution in [2.24, 2.45) is 0 Å². The van der Waals surface area contributed by atoms with Crippen molar-refractivity contribution < 1.29 is 4.21 Å². The Labute approximate surface area is 110 Å². The Kier molecular flexibility index (Phi) is 4.35. The topological polar surface area (TPSA) is 62.0 Å². The van der Waals surface area contributed by atoms with Crippen LogP contribution >= 0.6 is 0 Å². The molecule has 2 N–H and O–H groups in total. The largest absolute Gasteiger partial charge is 0.326 e. The Bertz CT molecular complexity index is 498. The molecule has 3 unspecified atom stereocenters. The van der Waals surface area contributed by atoms with Gasteiger partial charge in [0, 0.05) is 46.7 Å². The molecule has 5 heteroatoms. The molecular weight excluding hydrogens is 248 g/mol. The predicted molar refractivity (Wildman–Crippen MR) is 74.3 cm³/mol. The number of rotatable bonds is 4. The summed E-state index contributed by atoms with van der Waals surface area (Å²) in [5.74, 6) is 0.662. The fraction of sp³-hybridized carbons (Fsp3) is 0.615. The zero-order valence-electron chi connectivity index (χ0n) is 10.9. The van der Waals surface area contributed by atoms with E-state index >= 15 is 0 Å². The van der Waals surface area contributed by atoms with E-state index in [-0.39, 0.29) is 17.6 Å². The number of nitrogens with one attached hydrogen (secondary N) is 2. The zero-order chi connectivity index (χ0) is 13.1. The highest BCUT2D eigenvalue weighted by molar-refractivity contribution is 7.84.